The van der Waals surface area contributed by atoms with Gasteiger partial charge in [0.15, 0.2) is 0 Å². The van der Waals surface area contributed by atoms with Crippen molar-refractivity contribution in [3.63, 3.8) is 0 Å². The monoisotopic (exact) mass is 319 g/mol. The van der Waals surface area contributed by atoms with Crippen LogP contribution in [0.4, 0.5) is 5.69 Å². The topological polar surface area (TPSA) is 69.2 Å². The Bertz CT molecular complexity index is 664. The van der Waals surface area contributed by atoms with E-state index in [1.807, 2.05) is 0 Å². The summed E-state index contributed by atoms with van der Waals surface area (Å²) in [7, 11) is -4.58. The zero-order valence-electron chi connectivity index (χ0n) is 10.8. The zero-order valence-corrected chi connectivity index (χ0v) is 14.4. The first kappa shape index (κ1) is 17.5. The fourth-order valence-corrected chi connectivity index (χ4v) is 2.79. The molecule has 2 aromatic rings. The Hall–Kier alpha value is -0.560. The molecule has 0 saturated heterocycles. The first-order valence-electron chi connectivity index (χ1n) is 5.49. The fourth-order valence-electron chi connectivity index (χ4n) is 1.68. The molecule has 4 nitrogen and oxygen atoms in total. The Morgan fingerprint density at radius 2 is 1.55 bits per heavy atom. The Morgan fingerprint density at radius 1 is 1.00 bits per heavy atom. The molecular formula is C13H11ClNNaO3S. The molecule has 0 aliphatic carbocycles. The summed E-state index contributed by atoms with van der Waals surface area (Å²) in [6.45, 7) is 0. The van der Waals surface area contributed by atoms with E-state index in [1.54, 1.807) is 48.5 Å². The molecule has 0 heterocycles. The Labute approximate surface area is 145 Å². The van der Waals surface area contributed by atoms with Crippen molar-refractivity contribution in [2.75, 3.05) is 5.32 Å². The van der Waals surface area contributed by atoms with E-state index in [0.29, 0.717) is 5.69 Å². The van der Waals surface area contributed by atoms with E-state index in [1.165, 1.54) is 6.07 Å². The summed E-state index contributed by atoms with van der Waals surface area (Å²) < 4.78 is 34.2. The molecule has 20 heavy (non-hydrogen) atoms. The normalized spacial score (nSPS) is 12.3. The molecule has 100 valence electrons. The third kappa shape index (κ3) is 4.48. The van der Waals surface area contributed by atoms with Crippen LogP contribution in [-0.2, 0) is 10.1 Å². The first-order chi connectivity index (χ1) is 8.98. The van der Waals surface area contributed by atoms with Crippen LogP contribution in [0.2, 0.25) is 5.02 Å². The van der Waals surface area contributed by atoms with Crippen molar-refractivity contribution in [2.24, 2.45) is 0 Å². The summed E-state index contributed by atoms with van der Waals surface area (Å²) in [5.41, 5.74) is 0.773. The number of anilines is 1. The van der Waals surface area contributed by atoms with Gasteiger partial charge in [0, 0.05) is 16.3 Å². The second kappa shape index (κ2) is 7.45. The summed E-state index contributed by atoms with van der Waals surface area (Å²) >= 11 is 5.95. The van der Waals surface area contributed by atoms with Crippen molar-refractivity contribution in [1.29, 1.82) is 0 Å². The molecule has 2 aromatic carbocycles. The van der Waals surface area contributed by atoms with Gasteiger partial charge in [0.05, 0.1) is 0 Å². The Kier molecular flexibility index (Phi) is 6.51. The smallest absolute Gasteiger partial charge is 0.746 e. The minimum absolute atomic E-state index is 0. The maximum atomic E-state index is 11.4. The van der Waals surface area contributed by atoms with Crippen LogP contribution in [0.25, 0.3) is 0 Å². The molecule has 0 aromatic heterocycles. The van der Waals surface area contributed by atoms with Crippen molar-refractivity contribution >= 4 is 27.4 Å². The molecule has 0 radical (unpaired) electrons. The average molecular weight is 320 g/mol. The molecule has 0 fully saturated rings. The van der Waals surface area contributed by atoms with Crippen LogP contribution in [0.3, 0.4) is 0 Å². The Morgan fingerprint density at radius 3 is 2.10 bits per heavy atom. The SMILES string of the molecule is O=S(=O)([O-])C(Nc1ccccc1)c1ccccc1Cl.[Na+]. The number of rotatable bonds is 4. The third-order valence-corrected chi connectivity index (χ3v) is 3.84. The van der Waals surface area contributed by atoms with Crippen molar-refractivity contribution < 1.29 is 42.5 Å². The van der Waals surface area contributed by atoms with Crippen molar-refractivity contribution in [2.45, 2.75) is 5.37 Å². The number of hydrogen-bond acceptors (Lipinski definition) is 4. The van der Waals surface area contributed by atoms with Gasteiger partial charge < -0.3 is 9.87 Å². The van der Waals surface area contributed by atoms with E-state index < -0.39 is 15.5 Å². The van der Waals surface area contributed by atoms with Crippen molar-refractivity contribution in [1.82, 2.24) is 0 Å². The number of halogens is 1. The van der Waals surface area contributed by atoms with E-state index in [9.17, 15) is 13.0 Å². The second-order valence-corrected chi connectivity index (χ2v) is 5.77. The minimum Gasteiger partial charge on any atom is -0.746 e. The van der Waals surface area contributed by atoms with Crippen LogP contribution in [0.1, 0.15) is 10.9 Å². The number of nitrogens with one attached hydrogen (secondary N) is 1. The van der Waals surface area contributed by atoms with Gasteiger partial charge in [-0.2, -0.15) is 0 Å². The molecule has 1 atom stereocenters. The standard InChI is InChI=1S/C13H12ClNO3S.Na/c14-12-9-5-4-8-11(12)13(19(16,17)18)15-10-6-2-1-3-7-10;/h1-9,13,15H,(H,16,17,18);/q;+1/p-1. The number of benzene rings is 2. The molecule has 0 aliphatic heterocycles. The molecule has 0 bridgehead atoms. The third-order valence-electron chi connectivity index (χ3n) is 2.55. The van der Waals surface area contributed by atoms with Gasteiger partial charge in [0.2, 0.25) is 0 Å². The van der Waals surface area contributed by atoms with Gasteiger partial charge in [-0.3, -0.25) is 0 Å². The quantitative estimate of drug-likeness (QED) is 0.636. The molecule has 0 amide bonds. The van der Waals surface area contributed by atoms with Crippen LogP contribution in [-0.4, -0.2) is 13.0 Å². The van der Waals surface area contributed by atoms with Gasteiger partial charge in [-0.15, -0.1) is 0 Å². The van der Waals surface area contributed by atoms with Crippen LogP contribution in [0, 0.1) is 0 Å². The van der Waals surface area contributed by atoms with E-state index in [0.717, 1.165) is 0 Å². The van der Waals surface area contributed by atoms with Crippen molar-refractivity contribution in [3.05, 3.63) is 65.2 Å². The van der Waals surface area contributed by atoms with E-state index in [4.69, 9.17) is 11.6 Å². The maximum Gasteiger partial charge on any atom is 1.00 e. The van der Waals surface area contributed by atoms with Crippen molar-refractivity contribution in [3.8, 4) is 0 Å². The molecule has 1 unspecified atom stereocenters. The van der Waals surface area contributed by atoms with Gasteiger partial charge >= 0.3 is 29.6 Å². The molecule has 0 aliphatic rings. The molecule has 2 rings (SSSR count). The van der Waals surface area contributed by atoms with Crippen LogP contribution >= 0.6 is 11.6 Å². The predicted octanol–water partition coefficient (Wildman–Crippen LogP) is -0.0001000. The van der Waals surface area contributed by atoms with Gasteiger partial charge in [-0.05, 0) is 18.2 Å². The fraction of sp³-hybridized carbons (Fsp3) is 0.0769. The van der Waals surface area contributed by atoms with Gasteiger partial charge in [-0.1, -0.05) is 48.0 Å². The van der Waals surface area contributed by atoms with E-state index >= 15 is 0 Å². The Balaban J connectivity index is 0.00000200. The minimum atomic E-state index is -4.58. The van der Waals surface area contributed by atoms with E-state index in [-0.39, 0.29) is 40.1 Å². The molecular weight excluding hydrogens is 309 g/mol. The number of para-hydroxylation sites is 1. The second-order valence-electron chi connectivity index (χ2n) is 3.90. The van der Waals surface area contributed by atoms with Crippen LogP contribution in [0.15, 0.2) is 54.6 Å². The maximum absolute atomic E-state index is 11.4. The summed E-state index contributed by atoms with van der Waals surface area (Å²) in [6, 6.07) is 15.0. The van der Waals surface area contributed by atoms with Crippen LogP contribution in [0.5, 0.6) is 0 Å². The summed E-state index contributed by atoms with van der Waals surface area (Å²) in [5.74, 6) is 0. The van der Waals surface area contributed by atoms with E-state index in [2.05, 4.69) is 5.32 Å². The number of hydrogen-bond donors (Lipinski definition) is 1. The largest absolute Gasteiger partial charge is 1.00 e. The zero-order chi connectivity index (χ0) is 13.9. The van der Waals surface area contributed by atoms with Gasteiger partial charge in [0.25, 0.3) is 0 Å². The molecule has 0 saturated carbocycles. The summed E-state index contributed by atoms with van der Waals surface area (Å²) in [6.07, 6.45) is 0. The van der Waals surface area contributed by atoms with Gasteiger partial charge in [0.1, 0.15) is 15.5 Å². The average Bonchev–Trinajstić information content (AvgIpc) is 2.37. The molecule has 1 N–H and O–H groups in total. The van der Waals surface area contributed by atoms with Crippen LogP contribution < -0.4 is 34.9 Å². The molecule has 0 spiro atoms. The molecule has 7 heteroatoms. The first-order valence-corrected chi connectivity index (χ1v) is 7.34. The van der Waals surface area contributed by atoms with Gasteiger partial charge in [-0.25, -0.2) is 8.42 Å². The summed E-state index contributed by atoms with van der Waals surface area (Å²) in [4.78, 5) is 0. The summed E-state index contributed by atoms with van der Waals surface area (Å²) in [5, 5.41) is 1.51. The predicted molar refractivity (Wildman–Crippen MR) is 74.0 cm³/mol.